The minimum Gasteiger partial charge on any atom is -0.493 e. The van der Waals surface area contributed by atoms with Gasteiger partial charge in [-0.1, -0.05) is 25.1 Å². The second-order valence-corrected chi connectivity index (χ2v) is 10.1. The lowest BCUT2D eigenvalue weighted by atomic mass is 9.74. The van der Waals surface area contributed by atoms with E-state index in [1.807, 2.05) is 35.9 Å². The van der Waals surface area contributed by atoms with Crippen molar-refractivity contribution < 1.29 is 22.6 Å². The lowest BCUT2D eigenvalue weighted by molar-refractivity contribution is -0.380. The highest BCUT2D eigenvalue weighted by Gasteiger charge is 2.68. The predicted molar refractivity (Wildman–Crippen MR) is 130 cm³/mol. The van der Waals surface area contributed by atoms with Crippen molar-refractivity contribution in [1.82, 2.24) is 19.7 Å². The highest BCUT2D eigenvalue weighted by atomic mass is 32.1. The molecule has 1 N–H and O–H groups in total. The number of alkyl halides is 3. The van der Waals surface area contributed by atoms with Crippen molar-refractivity contribution in [3.05, 3.63) is 58.2 Å². The van der Waals surface area contributed by atoms with Crippen LogP contribution in [-0.4, -0.2) is 44.7 Å². The van der Waals surface area contributed by atoms with Crippen LogP contribution in [0.15, 0.2) is 41.2 Å². The summed E-state index contributed by atoms with van der Waals surface area (Å²) in [4.78, 5) is 9.06. The van der Waals surface area contributed by atoms with Crippen molar-refractivity contribution in [2.24, 2.45) is 0 Å². The molecule has 5 heterocycles. The van der Waals surface area contributed by atoms with Crippen molar-refractivity contribution in [2.45, 2.75) is 50.5 Å². The Balaban J connectivity index is 1.31. The summed E-state index contributed by atoms with van der Waals surface area (Å²) in [5.74, 6) is 1.47. The second kappa shape index (κ2) is 8.17. The van der Waals surface area contributed by atoms with E-state index in [2.05, 4.69) is 20.4 Å². The first-order chi connectivity index (χ1) is 17.2. The molecular weight excluding hydrogens is 491 g/mol. The zero-order chi connectivity index (χ0) is 25.1. The van der Waals surface area contributed by atoms with E-state index in [4.69, 9.17) is 9.47 Å². The molecule has 188 valence electrons. The molecule has 2 unspecified atom stereocenters. The maximum atomic E-state index is 14.4. The zero-order valence-electron chi connectivity index (χ0n) is 19.7. The van der Waals surface area contributed by atoms with Gasteiger partial charge >= 0.3 is 6.18 Å². The van der Waals surface area contributed by atoms with Crippen LogP contribution < -0.4 is 10.1 Å². The summed E-state index contributed by atoms with van der Waals surface area (Å²) >= 11 is 1.52. The number of para-hydroxylation sites is 1. The van der Waals surface area contributed by atoms with Gasteiger partial charge in [0, 0.05) is 30.2 Å². The number of anilines is 1. The van der Waals surface area contributed by atoms with Gasteiger partial charge < -0.3 is 14.8 Å². The maximum absolute atomic E-state index is 14.4. The van der Waals surface area contributed by atoms with Gasteiger partial charge in [0.05, 0.1) is 36.0 Å². The number of nitrogens with zero attached hydrogens (tertiary/aromatic N) is 4. The Morgan fingerprint density at radius 2 is 2.06 bits per heavy atom. The Morgan fingerprint density at radius 3 is 2.78 bits per heavy atom. The van der Waals surface area contributed by atoms with Crippen molar-refractivity contribution in [3.63, 3.8) is 0 Å². The minimum atomic E-state index is -4.58. The first-order valence-electron chi connectivity index (χ1n) is 11.8. The van der Waals surface area contributed by atoms with E-state index >= 15 is 0 Å². The van der Waals surface area contributed by atoms with Gasteiger partial charge in [-0.15, -0.1) is 0 Å². The Kier molecular flexibility index (Phi) is 5.27. The van der Waals surface area contributed by atoms with Gasteiger partial charge in [-0.3, -0.25) is 0 Å². The van der Waals surface area contributed by atoms with E-state index in [1.54, 1.807) is 23.9 Å². The third-order valence-corrected chi connectivity index (χ3v) is 7.60. The largest absolute Gasteiger partial charge is 0.493 e. The maximum Gasteiger partial charge on any atom is 0.419 e. The molecule has 0 spiro atoms. The van der Waals surface area contributed by atoms with E-state index in [-0.39, 0.29) is 6.42 Å². The molecule has 0 amide bonds. The van der Waals surface area contributed by atoms with Gasteiger partial charge in [0.2, 0.25) is 0 Å². The molecular formula is C25H24F3N5O2S. The van der Waals surface area contributed by atoms with Gasteiger partial charge in [0.25, 0.3) is 0 Å². The quantitative estimate of drug-likeness (QED) is 0.370. The molecule has 0 aliphatic carbocycles. The van der Waals surface area contributed by atoms with Crippen LogP contribution in [0.3, 0.4) is 0 Å². The van der Waals surface area contributed by atoms with Crippen LogP contribution in [0.2, 0.25) is 0 Å². The summed E-state index contributed by atoms with van der Waals surface area (Å²) in [6.45, 7) is 3.63. The first-order valence-corrected chi connectivity index (χ1v) is 12.7. The predicted octanol–water partition coefficient (Wildman–Crippen LogP) is 5.42. The van der Waals surface area contributed by atoms with Crippen LogP contribution in [0.25, 0.3) is 16.7 Å². The summed E-state index contributed by atoms with van der Waals surface area (Å²) in [5.41, 5.74) is -0.433. The van der Waals surface area contributed by atoms with E-state index in [0.29, 0.717) is 47.0 Å². The van der Waals surface area contributed by atoms with Crippen LogP contribution in [0, 0.1) is 0 Å². The molecule has 0 saturated carbocycles. The number of aryl methyl sites for hydroxylation is 1. The van der Waals surface area contributed by atoms with Crippen molar-refractivity contribution in [3.8, 4) is 11.4 Å². The van der Waals surface area contributed by atoms with E-state index in [1.165, 1.54) is 11.3 Å². The summed E-state index contributed by atoms with van der Waals surface area (Å²) in [6.07, 6.45) is -1.98. The fourth-order valence-corrected chi connectivity index (χ4v) is 5.76. The smallest absolute Gasteiger partial charge is 0.419 e. The molecule has 3 aromatic heterocycles. The number of fused-ring (bicyclic) bond motifs is 2. The molecule has 11 heteroatoms. The van der Waals surface area contributed by atoms with E-state index in [0.717, 1.165) is 17.7 Å². The normalized spacial score (nSPS) is 23.4. The molecule has 36 heavy (non-hydrogen) atoms. The summed E-state index contributed by atoms with van der Waals surface area (Å²) in [5, 5.41) is 11.7. The molecule has 1 aromatic carbocycles. The molecule has 1 saturated heterocycles. The Bertz CT molecular complexity index is 1430. The third-order valence-electron chi connectivity index (χ3n) is 6.93. The lowest BCUT2D eigenvalue weighted by Gasteiger charge is -2.55. The molecule has 4 aromatic rings. The number of ether oxygens (including phenoxy) is 2. The molecule has 2 aliphatic heterocycles. The second-order valence-electron chi connectivity index (χ2n) is 9.36. The number of aromatic nitrogens is 4. The van der Waals surface area contributed by atoms with Gasteiger partial charge in [-0.2, -0.15) is 29.6 Å². The average molecular weight is 516 g/mol. The highest BCUT2D eigenvalue weighted by molar-refractivity contribution is 7.08. The first kappa shape index (κ1) is 23.2. The number of thiophene rings is 1. The number of hydrogen-bond donors (Lipinski definition) is 1. The van der Waals surface area contributed by atoms with E-state index < -0.39 is 23.9 Å². The zero-order valence-corrected chi connectivity index (χ0v) is 20.5. The van der Waals surface area contributed by atoms with Crippen LogP contribution >= 0.6 is 11.3 Å². The van der Waals surface area contributed by atoms with Gasteiger partial charge in [0.15, 0.2) is 11.2 Å². The van der Waals surface area contributed by atoms with Crippen LogP contribution in [0.1, 0.15) is 37.2 Å². The van der Waals surface area contributed by atoms with Crippen LogP contribution in [0.5, 0.6) is 5.75 Å². The molecule has 2 aliphatic rings. The Hall–Kier alpha value is -3.18. The molecule has 0 bridgehead atoms. The molecule has 1 fully saturated rings. The standard InChI is InChI=1S/C25H24F3N5O2S/c1-3-19-31-21(17-11-30-33(22(17)32-19)16-8-10-36-12-16)29-14-24(25(26,27)28)13-23(2,35-24)18-6-4-5-15-7-9-34-20(15)18/h4-6,8,10-12H,3,7,9,13-14H2,1-2H3,(H,29,31,32). The highest BCUT2D eigenvalue weighted by Crippen LogP contribution is 2.57. The van der Waals surface area contributed by atoms with Crippen molar-refractivity contribution >= 4 is 28.2 Å². The topological polar surface area (TPSA) is 74.1 Å². The fourth-order valence-electron chi connectivity index (χ4n) is 5.15. The number of benzene rings is 1. The lowest BCUT2D eigenvalue weighted by Crippen LogP contribution is -2.67. The summed E-state index contributed by atoms with van der Waals surface area (Å²) < 4.78 is 56.4. The van der Waals surface area contributed by atoms with Gasteiger partial charge in [-0.05, 0) is 23.9 Å². The van der Waals surface area contributed by atoms with Crippen LogP contribution in [0.4, 0.5) is 19.0 Å². The minimum absolute atomic E-state index is 0.237. The van der Waals surface area contributed by atoms with Gasteiger partial charge in [-0.25, -0.2) is 14.6 Å². The molecule has 7 nitrogen and oxygen atoms in total. The van der Waals surface area contributed by atoms with E-state index in [9.17, 15) is 13.2 Å². The fraction of sp³-hybridized carbons (Fsp3) is 0.400. The molecule has 6 rings (SSSR count). The molecule has 0 radical (unpaired) electrons. The van der Waals surface area contributed by atoms with Crippen molar-refractivity contribution in [2.75, 3.05) is 18.5 Å². The monoisotopic (exact) mass is 515 g/mol. The SMILES string of the molecule is CCc1nc(NCC2(C(F)(F)F)CC(C)(c3cccc4c3OCC4)O2)c2cnn(-c3ccsc3)c2n1. The van der Waals surface area contributed by atoms with Crippen molar-refractivity contribution in [1.29, 1.82) is 0 Å². The van der Waals surface area contributed by atoms with Crippen LogP contribution in [-0.2, 0) is 23.2 Å². The average Bonchev–Trinajstić information content (AvgIpc) is 3.59. The number of halogens is 3. The summed E-state index contributed by atoms with van der Waals surface area (Å²) in [6, 6.07) is 7.48. The Morgan fingerprint density at radius 1 is 1.22 bits per heavy atom. The summed E-state index contributed by atoms with van der Waals surface area (Å²) in [7, 11) is 0. The number of nitrogens with one attached hydrogen (secondary N) is 1. The number of hydrogen-bond acceptors (Lipinski definition) is 7. The van der Waals surface area contributed by atoms with Gasteiger partial charge in [0.1, 0.15) is 17.4 Å². The number of rotatable bonds is 6. The third kappa shape index (κ3) is 3.55. The Labute approximate surface area is 209 Å². The molecule has 2 atom stereocenters.